The lowest BCUT2D eigenvalue weighted by atomic mass is 10.0. The van der Waals surface area contributed by atoms with E-state index in [-0.39, 0.29) is 5.91 Å². The molecule has 0 unspecified atom stereocenters. The normalized spacial score (nSPS) is 15.6. The third kappa shape index (κ3) is 4.03. The highest BCUT2D eigenvalue weighted by Gasteiger charge is 2.44. The molecule has 1 aromatic carbocycles. The van der Waals surface area contributed by atoms with Crippen LogP contribution in [0.4, 0.5) is 5.69 Å². The highest BCUT2D eigenvalue weighted by Crippen LogP contribution is 2.46. The molecule has 6 nitrogen and oxygen atoms in total. The van der Waals surface area contributed by atoms with Crippen LogP contribution in [0.15, 0.2) is 52.2 Å². The number of benzene rings is 1. The molecule has 1 fully saturated rings. The highest BCUT2D eigenvalue weighted by molar-refractivity contribution is 8.01. The minimum atomic E-state index is -0.531. The average Bonchev–Trinajstić information content (AvgIpc) is 3.50. The van der Waals surface area contributed by atoms with Crippen LogP contribution in [0.2, 0.25) is 0 Å². The number of hydrogen-bond acceptors (Lipinski definition) is 5. The molecule has 0 spiro atoms. The van der Waals surface area contributed by atoms with E-state index in [4.69, 9.17) is 4.42 Å². The van der Waals surface area contributed by atoms with Crippen LogP contribution >= 0.6 is 11.8 Å². The van der Waals surface area contributed by atoms with Crippen molar-refractivity contribution in [2.45, 2.75) is 68.8 Å². The van der Waals surface area contributed by atoms with E-state index in [0.717, 1.165) is 36.5 Å². The van der Waals surface area contributed by atoms with E-state index in [9.17, 15) is 4.79 Å². The average molecular weight is 425 g/mol. The molecule has 0 radical (unpaired) electrons. The van der Waals surface area contributed by atoms with Gasteiger partial charge < -0.3 is 9.73 Å². The van der Waals surface area contributed by atoms with E-state index in [1.807, 2.05) is 28.8 Å². The summed E-state index contributed by atoms with van der Waals surface area (Å²) >= 11 is 1.54. The number of nitrogens with zero attached hydrogens (tertiary/aromatic N) is 3. The summed E-state index contributed by atoms with van der Waals surface area (Å²) in [6.45, 7) is 7.09. The second kappa shape index (κ2) is 8.68. The molecule has 2 heterocycles. The first-order valence-electron chi connectivity index (χ1n) is 10.6. The fraction of sp³-hybridized carbons (Fsp3) is 0.435. The maximum Gasteiger partial charge on any atom is 0.241 e. The molecule has 0 aliphatic heterocycles. The molecule has 2 aromatic heterocycles. The molecule has 0 bridgehead atoms. The standard InChI is InChI=1S/C23H28N4O2S/c1-4-27-20(19-8-7-15-29-19)25-26-22(27)30-23(13-5-6-14-23)21(28)24-18-11-9-17(10-12-18)16(2)3/h7-12,15-16H,4-6,13-14H2,1-3H3,(H,24,28). The fourth-order valence-electron chi connectivity index (χ4n) is 3.93. The summed E-state index contributed by atoms with van der Waals surface area (Å²) in [7, 11) is 0. The zero-order valence-electron chi connectivity index (χ0n) is 17.7. The zero-order chi connectivity index (χ0) is 21.1. The van der Waals surface area contributed by atoms with Gasteiger partial charge in [0.1, 0.15) is 4.75 Å². The number of carbonyl (C=O) groups is 1. The van der Waals surface area contributed by atoms with Crippen molar-refractivity contribution in [3.05, 3.63) is 48.2 Å². The van der Waals surface area contributed by atoms with Crippen molar-refractivity contribution >= 4 is 23.4 Å². The van der Waals surface area contributed by atoms with Gasteiger partial charge in [0, 0.05) is 12.2 Å². The maximum absolute atomic E-state index is 13.4. The van der Waals surface area contributed by atoms with Crippen LogP contribution in [0.1, 0.15) is 57.9 Å². The third-order valence-corrected chi connectivity index (χ3v) is 7.19. The Bertz CT molecular complexity index is 987. The van der Waals surface area contributed by atoms with Gasteiger partial charge in [-0.15, -0.1) is 10.2 Å². The van der Waals surface area contributed by atoms with E-state index in [0.29, 0.717) is 24.0 Å². The van der Waals surface area contributed by atoms with Crippen molar-refractivity contribution in [2.75, 3.05) is 5.32 Å². The number of rotatable bonds is 7. The van der Waals surface area contributed by atoms with E-state index in [2.05, 4.69) is 48.4 Å². The Balaban J connectivity index is 1.57. The topological polar surface area (TPSA) is 73.0 Å². The van der Waals surface area contributed by atoms with E-state index in [1.54, 1.807) is 6.26 Å². The Labute approximate surface area is 181 Å². The maximum atomic E-state index is 13.4. The van der Waals surface area contributed by atoms with Crippen LogP contribution in [-0.2, 0) is 11.3 Å². The first kappa shape index (κ1) is 20.7. The molecule has 4 rings (SSSR count). The quantitative estimate of drug-likeness (QED) is 0.525. The Morgan fingerprint density at radius 3 is 2.53 bits per heavy atom. The number of carbonyl (C=O) groups excluding carboxylic acids is 1. The molecule has 0 saturated heterocycles. The van der Waals surface area contributed by atoms with Crippen molar-refractivity contribution < 1.29 is 9.21 Å². The summed E-state index contributed by atoms with van der Waals surface area (Å²) in [4.78, 5) is 13.4. The second-order valence-corrected chi connectivity index (χ2v) is 9.41. The fourth-order valence-corrected chi connectivity index (χ4v) is 5.32. The van der Waals surface area contributed by atoms with Gasteiger partial charge in [0.25, 0.3) is 0 Å². The van der Waals surface area contributed by atoms with Gasteiger partial charge in [-0.05, 0) is 55.5 Å². The van der Waals surface area contributed by atoms with E-state index in [1.165, 1.54) is 17.3 Å². The first-order valence-corrected chi connectivity index (χ1v) is 11.4. The zero-order valence-corrected chi connectivity index (χ0v) is 18.5. The van der Waals surface area contributed by atoms with Gasteiger partial charge in [0.05, 0.1) is 6.26 Å². The monoisotopic (exact) mass is 424 g/mol. The highest BCUT2D eigenvalue weighted by atomic mass is 32.2. The van der Waals surface area contributed by atoms with Crippen LogP contribution in [0, 0.1) is 0 Å². The van der Waals surface area contributed by atoms with Gasteiger partial charge in [0.15, 0.2) is 16.7 Å². The molecule has 1 N–H and O–H groups in total. The van der Waals surface area contributed by atoms with Gasteiger partial charge in [-0.2, -0.15) is 0 Å². The van der Waals surface area contributed by atoms with Crippen molar-refractivity contribution in [1.82, 2.24) is 14.8 Å². The summed E-state index contributed by atoms with van der Waals surface area (Å²) in [6.07, 6.45) is 5.38. The molecule has 158 valence electrons. The molecule has 7 heteroatoms. The molecule has 1 saturated carbocycles. The van der Waals surface area contributed by atoms with Crippen LogP contribution in [0.5, 0.6) is 0 Å². The summed E-state index contributed by atoms with van der Waals surface area (Å²) in [5, 5.41) is 12.7. The third-order valence-electron chi connectivity index (χ3n) is 5.72. The van der Waals surface area contributed by atoms with Crippen LogP contribution < -0.4 is 5.32 Å². The SMILES string of the molecule is CCn1c(SC2(C(=O)Nc3ccc(C(C)C)cc3)CCCC2)nnc1-c1ccco1. The van der Waals surface area contributed by atoms with Crippen molar-refractivity contribution in [3.63, 3.8) is 0 Å². The van der Waals surface area contributed by atoms with Crippen molar-refractivity contribution in [2.24, 2.45) is 0 Å². The minimum absolute atomic E-state index is 0.0486. The molecule has 3 aromatic rings. The molecule has 1 amide bonds. The lowest BCUT2D eigenvalue weighted by molar-refractivity contribution is -0.118. The second-order valence-electron chi connectivity index (χ2n) is 8.06. The molecule has 1 aliphatic rings. The summed E-state index contributed by atoms with van der Waals surface area (Å²) in [6, 6.07) is 11.9. The van der Waals surface area contributed by atoms with E-state index >= 15 is 0 Å². The van der Waals surface area contributed by atoms with Crippen molar-refractivity contribution in [3.8, 4) is 11.6 Å². The van der Waals surface area contributed by atoms with E-state index < -0.39 is 4.75 Å². The smallest absolute Gasteiger partial charge is 0.241 e. The summed E-state index contributed by atoms with van der Waals surface area (Å²) in [5.41, 5.74) is 2.10. The number of nitrogens with one attached hydrogen (secondary N) is 1. The number of thioether (sulfide) groups is 1. The predicted octanol–water partition coefficient (Wildman–Crippen LogP) is 5.73. The number of hydrogen-bond donors (Lipinski definition) is 1. The van der Waals surface area contributed by atoms with Gasteiger partial charge >= 0.3 is 0 Å². The Kier molecular flexibility index (Phi) is 5.99. The van der Waals surface area contributed by atoms with Crippen molar-refractivity contribution in [1.29, 1.82) is 0 Å². The Hall–Kier alpha value is -2.54. The number of amides is 1. The number of aromatic nitrogens is 3. The summed E-state index contributed by atoms with van der Waals surface area (Å²) in [5.74, 6) is 1.90. The molecular formula is C23H28N4O2S. The van der Waals surface area contributed by atoms with Gasteiger partial charge in [-0.25, -0.2) is 0 Å². The molecule has 1 aliphatic carbocycles. The molecule has 30 heavy (non-hydrogen) atoms. The van der Waals surface area contributed by atoms with Crippen LogP contribution in [0.25, 0.3) is 11.6 Å². The van der Waals surface area contributed by atoms with Gasteiger partial charge in [0.2, 0.25) is 5.91 Å². The first-order chi connectivity index (χ1) is 14.5. The summed E-state index contributed by atoms with van der Waals surface area (Å²) < 4.78 is 7.00. The molecular weight excluding hydrogens is 396 g/mol. The number of furan rings is 1. The lowest BCUT2D eigenvalue weighted by Gasteiger charge is -2.26. The van der Waals surface area contributed by atoms with Gasteiger partial charge in [-0.1, -0.05) is 50.6 Å². The predicted molar refractivity (Wildman–Crippen MR) is 120 cm³/mol. The number of anilines is 1. The largest absolute Gasteiger partial charge is 0.461 e. The lowest BCUT2D eigenvalue weighted by Crippen LogP contribution is -2.37. The Morgan fingerprint density at radius 1 is 1.20 bits per heavy atom. The Morgan fingerprint density at radius 2 is 1.93 bits per heavy atom. The van der Waals surface area contributed by atoms with Crippen LogP contribution in [0.3, 0.4) is 0 Å². The van der Waals surface area contributed by atoms with Crippen LogP contribution in [-0.4, -0.2) is 25.4 Å². The minimum Gasteiger partial charge on any atom is -0.461 e. The molecule has 0 atom stereocenters. The van der Waals surface area contributed by atoms with Gasteiger partial charge in [-0.3, -0.25) is 9.36 Å².